The van der Waals surface area contributed by atoms with Gasteiger partial charge in [-0.3, -0.25) is 4.79 Å². The molecule has 4 nitrogen and oxygen atoms in total. The molecule has 1 aromatic rings. The Balaban J connectivity index is 2.13. The fourth-order valence-corrected chi connectivity index (χ4v) is 3.30. The average molecular weight is 298 g/mol. The first-order chi connectivity index (χ1) is 8.97. The van der Waals surface area contributed by atoms with Gasteiger partial charge in [0.15, 0.2) is 0 Å². The van der Waals surface area contributed by atoms with Crippen LogP contribution in [0.4, 0.5) is 0 Å². The molecule has 1 aliphatic rings. The molecule has 1 N–H and O–H groups in total. The van der Waals surface area contributed by atoms with Crippen molar-refractivity contribution in [3.63, 3.8) is 0 Å². The summed E-state index contributed by atoms with van der Waals surface area (Å²) in [5, 5.41) is 14.6. The number of carbonyl (C=O) groups excluding carboxylic acids is 1. The first-order valence-electron chi connectivity index (χ1n) is 6.13. The molecule has 0 radical (unpaired) electrons. The van der Waals surface area contributed by atoms with Gasteiger partial charge in [-0.25, -0.2) is 0 Å². The average Bonchev–Trinajstić information content (AvgIpc) is 2.73. The van der Waals surface area contributed by atoms with Crippen LogP contribution in [0.15, 0.2) is 5.38 Å². The lowest BCUT2D eigenvalue weighted by Crippen LogP contribution is -2.53. The topological polar surface area (TPSA) is 56.1 Å². The maximum atomic E-state index is 12.2. The molecule has 0 atom stereocenters. The molecule has 0 unspecified atom stereocenters. The van der Waals surface area contributed by atoms with Gasteiger partial charge in [0.05, 0.1) is 11.1 Å². The molecule has 1 saturated heterocycles. The molecule has 1 aliphatic heterocycles. The lowest BCUT2D eigenvalue weighted by atomic mass is 9.89. The molecule has 0 bridgehead atoms. The van der Waals surface area contributed by atoms with E-state index in [1.807, 2.05) is 19.4 Å². The van der Waals surface area contributed by atoms with Crippen molar-refractivity contribution < 1.29 is 4.79 Å². The first kappa shape index (κ1) is 14.3. The van der Waals surface area contributed by atoms with Crippen molar-refractivity contribution in [2.24, 2.45) is 0 Å². The van der Waals surface area contributed by atoms with E-state index in [9.17, 15) is 10.1 Å². The Morgan fingerprint density at radius 1 is 1.58 bits per heavy atom. The van der Waals surface area contributed by atoms with Gasteiger partial charge in [0, 0.05) is 13.1 Å². The molecule has 0 spiro atoms. The van der Waals surface area contributed by atoms with Gasteiger partial charge in [-0.15, -0.1) is 11.3 Å². The third-order valence-electron chi connectivity index (χ3n) is 3.51. The lowest BCUT2D eigenvalue weighted by Gasteiger charge is -2.35. The Labute approximate surface area is 122 Å². The van der Waals surface area contributed by atoms with Crippen LogP contribution in [0, 0.1) is 18.3 Å². The third kappa shape index (κ3) is 2.92. The van der Waals surface area contributed by atoms with Crippen LogP contribution in [0.5, 0.6) is 0 Å². The van der Waals surface area contributed by atoms with Crippen LogP contribution in [-0.2, 0) is 0 Å². The van der Waals surface area contributed by atoms with E-state index in [0.29, 0.717) is 22.7 Å². The summed E-state index contributed by atoms with van der Waals surface area (Å²) >= 11 is 7.41. The second-order valence-corrected chi connectivity index (χ2v) is 6.27. The normalized spacial score (nSPS) is 18.8. The Morgan fingerprint density at radius 2 is 2.21 bits per heavy atom. The Bertz CT molecular complexity index is 526. The van der Waals surface area contributed by atoms with E-state index in [4.69, 9.17) is 11.6 Å². The Morgan fingerprint density at radius 3 is 2.68 bits per heavy atom. The monoisotopic (exact) mass is 297 g/mol. The molecule has 19 heavy (non-hydrogen) atoms. The summed E-state index contributed by atoms with van der Waals surface area (Å²) in [5.41, 5.74) is 0.136. The summed E-state index contributed by atoms with van der Waals surface area (Å²) in [6.07, 6.45) is 1.29. The maximum absolute atomic E-state index is 12.2. The number of piperidine rings is 1. The van der Waals surface area contributed by atoms with Crippen molar-refractivity contribution in [1.82, 2.24) is 10.2 Å². The van der Waals surface area contributed by atoms with E-state index in [2.05, 4.69) is 16.3 Å². The van der Waals surface area contributed by atoms with E-state index < -0.39 is 5.54 Å². The lowest BCUT2D eigenvalue weighted by molar-refractivity contribution is 0.0886. The SMILES string of the molecule is Cc1csc(C(=O)NC2(C#N)CCN(C)CC2)c1Cl. The molecule has 1 fully saturated rings. The molecule has 0 aliphatic carbocycles. The maximum Gasteiger partial charge on any atom is 0.264 e. The number of halogens is 1. The number of nitriles is 1. The molecule has 0 saturated carbocycles. The van der Waals surface area contributed by atoms with Gasteiger partial charge < -0.3 is 10.2 Å². The number of carbonyl (C=O) groups is 1. The molecule has 2 rings (SSSR count). The smallest absolute Gasteiger partial charge is 0.264 e. The van der Waals surface area contributed by atoms with Crippen LogP contribution in [0.2, 0.25) is 5.02 Å². The van der Waals surface area contributed by atoms with Crippen molar-refractivity contribution >= 4 is 28.8 Å². The molecule has 102 valence electrons. The number of hydrogen-bond donors (Lipinski definition) is 1. The van der Waals surface area contributed by atoms with Crippen molar-refractivity contribution in [2.45, 2.75) is 25.3 Å². The minimum atomic E-state index is -0.759. The zero-order valence-electron chi connectivity index (χ0n) is 11.0. The predicted molar refractivity (Wildman–Crippen MR) is 76.6 cm³/mol. The second kappa shape index (κ2) is 5.49. The molecule has 1 aromatic heterocycles. The number of thiophene rings is 1. The fraction of sp³-hybridized carbons (Fsp3) is 0.538. The number of nitrogens with one attached hydrogen (secondary N) is 1. The fourth-order valence-electron chi connectivity index (χ4n) is 2.12. The molecule has 6 heteroatoms. The van der Waals surface area contributed by atoms with E-state index in [1.54, 1.807) is 0 Å². The van der Waals surface area contributed by atoms with Gasteiger partial charge >= 0.3 is 0 Å². The number of hydrogen-bond acceptors (Lipinski definition) is 4. The highest BCUT2D eigenvalue weighted by molar-refractivity contribution is 7.13. The summed E-state index contributed by atoms with van der Waals surface area (Å²) in [4.78, 5) is 14.9. The van der Waals surface area contributed by atoms with Crippen molar-refractivity contribution in [3.8, 4) is 6.07 Å². The first-order valence-corrected chi connectivity index (χ1v) is 7.39. The summed E-state index contributed by atoms with van der Waals surface area (Å²) < 4.78 is 0. The summed E-state index contributed by atoms with van der Waals surface area (Å²) in [6, 6.07) is 2.27. The molecule has 0 aromatic carbocycles. The molecule has 1 amide bonds. The summed E-state index contributed by atoms with van der Waals surface area (Å²) in [6.45, 7) is 3.49. The van der Waals surface area contributed by atoms with E-state index in [-0.39, 0.29) is 5.91 Å². The van der Waals surface area contributed by atoms with Gasteiger partial charge in [-0.2, -0.15) is 5.26 Å². The van der Waals surface area contributed by atoms with Gasteiger partial charge in [0.1, 0.15) is 10.4 Å². The van der Waals surface area contributed by atoms with Crippen LogP contribution < -0.4 is 5.32 Å². The van der Waals surface area contributed by atoms with Crippen LogP contribution in [0.25, 0.3) is 0 Å². The highest BCUT2D eigenvalue weighted by Crippen LogP contribution is 2.28. The highest BCUT2D eigenvalue weighted by atomic mass is 35.5. The zero-order chi connectivity index (χ0) is 14.0. The van der Waals surface area contributed by atoms with Crippen molar-refractivity contribution in [1.29, 1.82) is 5.26 Å². The Hall–Kier alpha value is -1.09. The van der Waals surface area contributed by atoms with Crippen molar-refractivity contribution in [2.75, 3.05) is 20.1 Å². The van der Waals surface area contributed by atoms with Gasteiger partial charge in [-0.05, 0) is 37.8 Å². The third-order valence-corrected chi connectivity index (χ3v) is 5.21. The molecular weight excluding hydrogens is 282 g/mol. The van der Waals surface area contributed by atoms with Gasteiger partial charge in [0.2, 0.25) is 0 Å². The number of rotatable bonds is 2. The quantitative estimate of drug-likeness (QED) is 0.912. The van der Waals surface area contributed by atoms with E-state index >= 15 is 0 Å². The van der Waals surface area contributed by atoms with Crippen molar-refractivity contribution in [3.05, 3.63) is 20.8 Å². The number of likely N-dealkylation sites (tertiary alicyclic amines) is 1. The van der Waals surface area contributed by atoms with E-state index in [0.717, 1.165) is 18.7 Å². The molecular formula is C13H16ClN3OS. The largest absolute Gasteiger partial charge is 0.333 e. The number of nitrogens with zero attached hydrogens (tertiary/aromatic N) is 2. The minimum Gasteiger partial charge on any atom is -0.333 e. The van der Waals surface area contributed by atoms with Crippen LogP contribution in [-0.4, -0.2) is 36.5 Å². The minimum absolute atomic E-state index is 0.241. The van der Waals surface area contributed by atoms with Crippen LogP contribution in [0.1, 0.15) is 28.1 Å². The highest BCUT2D eigenvalue weighted by Gasteiger charge is 2.36. The Kier molecular flexibility index (Phi) is 4.14. The zero-order valence-corrected chi connectivity index (χ0v) is 12.6. The van der Waals surface area contributed by atoms with Crippen LogP contribution >= 0.6 is 22.9 Å². The predicted octanol–water partition coefficient (Wildman–Crippen LogP) is 2.43. The van der Waals surface area contributed by atoms with E-state index in [1.165, 1.54) is 11.3 Å². The number of aryl methyl sites for hydroxylation is 1. The standard InChI is InChI=1S/C13H16ClN3OS/c1-9-7-19-11(10(9)14)12(18)16-13(8-15)3-5-17(2)6-4-13/h7H,3-6H2,1-2H3,(H,16,18). The number of amides is 1. The second-order valence-electron chi connectivity index (χ2n) is 5.01. The van der Waals surface area contributed by atoms with Gasteiger partial charge in [-0.1, -0.05) is 11.6 Å². The summed E-state index contributed by atoms with van der Waals surface area (Å²) in [7, 11) is 2.02. The van der Waals surface area contributed by atoms with Gasteiger partial charge in [0.25, 0.3) is 5.91 Å². The summed E-state index contributed by atoms with van der Waals surface area (Å²) in [5.74, 6) is -0.241. The molecule has 2 heterocycles. The van der Waals surface area contributed by atoms with Crippen LogP contribution in [0.3, 0.4) is 0 Å².